The Hall–Kier alpha value is -1.84. The van der Waals surface area contributed by atoms with Gasteiger partial charge in [0, 0.05) is 6.54 Å². The predicted octanol–water partition coefficient (Wildman–Crippen LogP) is 3.56. The van der Waals surface area contributed by atoms with Gasteiger partial charge in [0.05, 0.1) is 22.9 Å². The molecule has 0 amide bonds. The second-order valence-electron chi connectivity index (χ2n) is 6.03. The van der Waals surface area contributed by atoms with Crippen molar-refractivity contribution >= 4 is 17.0 Å². The summed E-state index contributed by atoms with van der Waals surface area (Å²) in [5.41, 5.74) is 2.11. The van der Waals surface area contributed by atoms with Crippen molar-refractivity contribution < 1.29 is 9.90 Å². The molecule has 4 nitrogen and oxygen atoms in total. The average molecular weight is 272 g/mol. The number of benzene rings is 1. The van der Waals surface area contributed by atoms with Gasteiger partial charge in [-0.15, -0.1) is 0 Å². The molecule has 3 rings (SSSR count). The van der Waals surface area contributed by atoms with E-state index in [4.69, 9.17) is 5.11 Å². The third-order valence-corrected chi connectivity index (χ3v) is 4.46. The summed E-state index contributed by atoms with van der Waals surface area (Å²) < 4.78 is 2.17. The SMILES string of the molecule is CC1CCC(Cn2cnc3cc(C(=O)O)ccc32)CC1. The monoisotopic (exact) mass is 272 g/mol. The van der Waals surface area contributed by atoms with Gasteiger partial charge >= 0.3 is 5.97 Å². The van der Waals surface area contributed by atoms with Crippen LogP contribution in [0.4, 0.5) is 0 Å². The number of aromatic nitrogens is 2. The number of aromatic carboxylic acids is 1. The van der Waals surface area contributed by atoms with E-state index >= 15 is 0 Å². The van der Waals surface area contributed by atoms with Gasteiger partial charge < -0.3 is 9.67 Å². The van der Waals surface area contributed by atoms with Gasteiger partial charge in [-0.25, -0.2) is 9.78 Å². The van der Waals surface area contributed by atoms with Crippen LogP contribution in [0.3, 0.4) is 0 Å². The molecule has 1 aromatic carbocycles. The van der Waals surface area contributed by atoms with E-state index in [-0.39, 0.29) is 0 Å². The third kappa shape index (κ3) is 2.55. The van der Waals surface area contributed by atoms with Crippen LogP contribution in [0.25, 0.3) is 11.0 Å². The molecule has 2 aromatic rings. The van der Waals surface area contributed by atoms with Gasteiger partial charge in [-0.05, 0) is 42.9 Å². The number of hydrogen-bond acceptors (Lipinski definition) is 2. The van der Waals surface area contributed by atoms with Gasteiger partial charge in [0.1, 0.15) is 0 Å². The summed E-state index contributed by atoms with van der Waals surface area (Å²) in [5, 5.41) is 9.00. The van der Waals surface area contributed by atoms with Crippen LogP contribution in [0.1, 0.15) is 43.0 Å². The second kappa shape index (κ2) is 5.27. The van der Waals surface area contributed by atoms with Crippen LogP contribution >= 0.6 is 0 Å². The summed E-state index contributed by atoms with van der Waals surface area (Å²) in [6, 6.07) is 5.18. The first-order valence-electron chi connectivity index (χ1n) is 7.31. The lowest BCUT2D eigenvalue weighted by Crippen LogP contribution is -2.17. The van der Waals surface area contributed by atoms with Crippen molar-refractivity contribution in [1.82, 2.24) is 9.55 Å². The van der Waals surface area contributed by atoms with Crippen molar-refractivity contribution in [3.8, 4) is 0 Å². The van der Waals surface area contributed by atoms with Gasteiger partial charge in [-0.2, -0.15) is 0 Å². The molecule has 1 N–H and O–H groups in total. The Kier molecular flexibility index (Phi) is 3.47. The van der Waals surface area contributed by atoms with Crippen LogP contribution in [-0.2, 0) is 6.54 Å². The molecule has 1 saturated carbocycles. The van der Waals surface area contributed by atoms with Gasteiger partial charge in [-0.1, -0.05) is 19.8 Å². The fourth-order valence-electron chi connectivity index (χ4n) is 3.13. The minimum absolute atomic E-state index is 0.300. The fourth-order valence-corrected chi connectivity index (χ4v) is 3.13. The highest BCUT2D eigenvalue weighted by Crippen LogP contribution is 2.30. The third-order valence-electron chi connectivity index (χ3n) is 4.46. The number of carboxylic acids is 1. The topological polar surface area (TPSA) is 55.1 Å². The molecular formula is C16H20N2O2. The van der Waals surface area contributed by atoms with Crippen LogP contribution in [0, 0.1) is 11.8 Å². The Morgan fingerprint density at radius 3 is 2.80 bits per heavy atom. The Morgan fingerprint density at radius 2 is 2.10 bits per heavy atom. The minimum Gasteiger partial charge on any atom is -0.478 e. The zero-order valence-electron chi connectivity index (χ0n) is 11.7. The van der Waals surface area contributed by atoms with E-state index < -0.39 is 5.97 Å². The maximum absolute atomic E-state index is 11.0. The molecule has 0 aliphatic heterocycles. The van der Waals surface area contributed by atoms with Gasteiger partial charge in [0.25, 0.3) is 0 Å². The molecule has 0 spiro atoms. The van der Waals surface area contributed by atoms with Crippen LogP contribution in [0.15, 0.2) is 24.5 Å². The lowest BCUT2D eigenvalue weighted by atomic mass is 9.83. The van der Waals surface area contributed by atoms with Crippen LogP contribution in [-0.4, -0.2) is 20.6 Å². The van der Waals surface area contributed by atoms with Crippen LogP contribution < -0.4 is 0 Å². The van der Waals surface area contributed by atoms with E-state index in [0.717, 1.165) is 29.4 Å². The van der Waals surface area contributed by atoms with Gasteiger partial charge in [0.15, 0.2) is 0 Å². The molecule has 106 valence electrons. The maximum atomic E-state index is 11.0. The molecule has 1 aliphatic rings. The molecule has 1 aromatic heterocycles. The Bertz CT molecular complexity index is 624. The van der Waals surface area contributed by atoms with Crippen molar-refractivity contribution in [1.29, 1.82) is 0 Å². The number of carboxylic acid groups (broad SMARTS) is 1. The highest BCUT2D eigenvalue weighted by molar-refractivity contribution is 5.92. The Balaban J connectivity index is 1.80. The molecule has 4 heteroatoms. The number of nitrogens with zero attached hydrogens (tertiary/aromatic N) is 2. The van der Waals surface area contributed by atoms with Crippen molar-refractivity contribution in [2.45, 2.75) is 39.2 Å². The first-order chi connectivity index (χ1) is 9.63. The molecule has 1 aliphatic carbocycles. The van der Waals surface area contributed by atoms with E-state index in [1.54, 1.807) is 12.1 Å². The zero-order valence-corrected chi connectivity index (χ0v) is 11.7. The van der Waals surface area contributed by atoms with Crippen LogP contribution in [0.2, 0.25) is 0 Å². The molecule has 1 fully saturated rings. The van der Waals surface area contributed by atoms with Crippen molar-refractivity contribution in [2.24, 2.45) is 11.8 Å². The molecular weight excluding hydrogens is 252 g/mol. The summed E-state index contributed by atoms with van der Waals surface area (Å²) in [4.78, 5) is 15.3. The largest absolute Gasteiger partial charge is 0.478 e. The minimum atomic E-state index is -0.900. The lowest BCUT2D eigenvalue weighted by molar-refractivity contribution is 0.0697. The fraction of sp³-hybridized carbons (Fsp3) is 0.500. The number of carbonyl (C=O) groups is 1. The highest BCUT2D eigenvalue weighted by atomic mass is 16.4. The molecule has 0 atom stereocenters. The molecule has 0 radical (unpaired) electrons. The Labute approximate surface area is 118 Å². The lowest BCUT2D eigenvalue weighted by Gasteiger charge is -2.26. The summed E-state index contributed by atoms with van der Waals surface area (Å²) in [7, 11) is 0. The summed E-state index contributed by atoms with van der Waals surface area (Å²) in [6.07, 6.45) is 7.05. The molecule has 0 bridgehead atoms. The van der Waals surface area contributed by atoms with Gasteiger partial charge in [-0.3, -0.25) is 0 Å². The number of rotatable bonds is 3. The quantitative estimate of drug-likeness (QED) is 0.929. The van der Waals surface area contributed by atoms with Crippen molar-refractivity contribution in [3.63, 3.8) is 0 Å². The van der Waals surface area contributed by atoms with Crippen molar-refractivity contribution in [3.05, 3.63) is 30.1 Å². The van der Waals surface area contributed by atoms with Crippen molar-refractivity contribution in [2.75, 3.05) is 0 Å². The second-order valence-corrected chi connectivity index (χ2v) is 6.03. The van der Waals surface area contributed by atoms with E-state index in [2.05, 4.69) is 16.5 Å². The summed E-state index contributed by atoms with van der Waals surface area (Å²) in [5.74, 6) is 0.689. The Morgan fingerprint density at radius 1 is 1.35 bits per heavy atom. The molecule has 0 unspecified atom stereocenters. The molecule has 1 heterocycles. The number of fused-ring (bicyclic) bond motifs is 1. The first kappa shape index (κ1) is 13.2. The maximum Gasteiger partial charge on any atom is 0.335 e. The molecule has 0 saturated heterocycles. The average Bonchev–Trinajstić information content (AvgIpc) is 2.84. The summed E-state index contributed by atoms with van der Waals surface area (Å²) in [6.45, 7) is 3.33. The number of imidazole rings is 1. The predicted molar refractivity (Wildman–Crippen MR) is 77.8 cm³/mol. The van der Waals surface area contributed by atoms with E-state index in [9.17, 15) is 4.79 Å². The zero-order chi connectivity index (χ0) is 14.1. The van der Waals surface area contributed by atoms with E-state index in [0.29, 0.717) is 5.56 Å². The standard InChI is InChI=1S/C16H20N2O2/c1-11-2-4-12(5-3-11)9-18-10-17-14-8-13(16(19)20)6-7-15(14)18/h6-8,10-12H,2-5,9H2,1H3,(H,19,20). The smallest absolute Gasteiger partial charge is 0.335 e. The highest BCUT2D eigenvalue weighted by Gasteiger charge is 2.19. The summed E-state index contributed by atoms with van der Waals surface area (Å²) >= 11 is 0. The normalized spacial score (nSPS) is 23.1. The van der Waals surface area contributed by atoms with Crippen LogP contribution in [0.5, 0.6) is 0 Å². The van der Waals surface area contributed by atoms with E-state index in [1.165, 1.54) is 25.7 Å². The van der Waals surface area contributed by atoms with Gasteiger partial charge in [0.2, 0.25) is 0 Å². The first-order valence-corrected chi connectivity index (χ1v) is 7.31. The molecule has 20 heavy (non-hydrogen) atoms. The van der Waals surface area contributed by atoms with E-state index in [1.807, 2.05) is 12.4 Å². The number of hydrogen-bond donors (Lipinski definition) is 1.